The maximum Gasteiger partial charge on any atom is 0.0242 e. The molecule has 1 aliphatic heterocycles. The molecule has 1 aliphatic rings. The van der Waals surface area contributed by atoms with Crippen LogP contribution in [-0.2, 0) is 6.54 Å². The van der Waals surface area contributed by atoms with Gasteiger partial charge in [-0.1, -0.05) is 24.6 Å². The first-order valence-corrected chi connectivity index (χ1v) is 7.14. The Morgan fingerprint density at radius 2 is 2.06 bits per heavy atom. The summed E-state index contributed by atoms with van der Waals surface area (Å²) < 4.78 is 0. The van der Waals surface area contributed by atoms with Crippen molar-refractivity contribution in [2.45, 2.75) is 58.7 Å². The lowest BCUT2D eigenvalue weighted by molar-refractivity contribution is 0.0890. The number of likely N-dealkylation sites (tertiary alicyclic amines) is 1. The second-order valence-corrected chi connectivity index (χ2v) is 5.70. The van der Waals surface area contributed by atoms with E-state index in [0.717, 1.165) is 13.1 Å². The van der Waals surface area contributed by atoms with Gasteiger partial charge in [0.2, 0.25) is 0 Å². The third-order valence-corrected chi connectivity index (χ3v) is 4.54. The Morgan fingerprint density at radius 3 is 2.78 bits per heavy atom. The van der Waals surface area contributed by atoms with Crippen molar-refractivity contribution >= 4 is 0 Å². The summed E-state index contributed by atoms with van der Waals surface area (Å²) in [7, 11) is 0. The fourth-order valence-corrected chi connectivity index (χ4v) is 3.06. The molecule has 1 aromatic rings. The van der Waals surface area contributed by atoms with E-state index >= 15 is 0 Å². The first kappa shape index (κ1) is 13.6. The van der Waals surface area contributed by atoms with Crippen molar-refractivity contribution < 1.29 is 0 Å². The molecule has 2 atom stereocenters. The number of nitrogens with zero attached hydrogens (tertiary/aromatic N) is 1. The zero-order valence-corrected chi connectivity index (χ0v) is 11.9. The Bertz CT molecular complexity index is 400. The van der Waals surface area contributed by atoms with Crippen LogP contribution in [0.5, 0.6) is 0 Å². The van der Waals surface area contributed by atoms with Gasteiger partial charge >= 0.3 is 0 Å². The maximum atomic E-state index is 5.94. The van der Waals surface area contributed by atoms with Gasteiger partial charge in [0.1, 0.15) is 0 Å². The van der Waals surface area contributed by atoms with Crippen LogP contribution in [0.1, 0.15) is 42.9 Å². The van der Waals surface area contributed by atoms with E-state index in [0.29, 0.717) is 12.1 Å². The summed E-state index contributed by atoms with van der Waals surface area (Å²) in [6.45, 7) is 8.61. The Labute approximate surface area is 111 Å². The van der Waals surface area contributed by atoms with Crippen LogP contribution in [-0.4, -0.2) is 23.5 Å². The molecule has 2 rings (SSSR count). The molecular formula is C16H26N2. The number of aryl methyl sites for hydroxylation is 1. The molecule has 0 aromatic heterocycles. The molecule has 2 unspecified atom stereocenters. The van der Waals surface area contributed by atoms with Gasteiger partial charge in [-0.3, -0.25) is 4.90 Å². The molecule has 0 radical (unpaired) electrons. The first-order chi connectivity index (χ1) is 8.63. The van der Waals surface area contributed by atoms with E-state index in [2.05, 4.69) is 43.9 Å². The minimum atomic E-state index is 0.564. The Hall–Kier alpha value is -0.860. The van der Waals surface area contributed by atoms with E-state index in [4.69, 9.17) is 5.73 Å². The second kappa shape index (κ2) is 5.85. The summed E-state index contributed by atoms with van der Waals surface area (Å²) in [5.74, 6) is 0. The molecule has 0 saturated carbocycles. The molecule has 2 N–H and O–H groups in total. The first-order valence-electron chi connectivity index (χ1n) is 7.14. The van der Waals surface area contributed by atoms with E-state index in [-0.39, 0.29) is 0 Å². The largest absolute Gasteiger partial charge is 0.329 e. The molecule has 100 valence electrons. The number of nitrogens with two attached hydrogens (primary N) is 1. The van der Waals surface area contributed by atoms with Crippen LogP contribution in [0.15, 0.2) is 18.2 Å². The van der Waals surface area contributed by atoms with Gasteiger partial charge < -0.3 is 5.73 Å². The molecular weight excluding hydrogens is 220 g/mol. The van der Waals surface area contributed by atoms with Gasteiger partial charge in [-0.25, -0.2) is 0 Å². The quantitative estimate of drug-likeness (QED) is 0.888. The molecule has 18 heavy (non-hydrogen) atoms. The van der Waals surface area contributed by atoms with Crippen LogP contribution in [0.2, 0.25) is 0 Å². The molecule has 1 aromatic carbocycles. The minimum absolute atomic E-state index is 0.564. The second-order valence-electron chi connectivity index (χ2n) is 5.70. The van der Waals surface area contributed by atoms with Gasteiger partial charge in [0, 0.05) is 25.2 Å². The zero-order chi connectivity index (χ0) is 13.1. The van der Waals surface area contributed by atoms with E-state index in [1.54, 1.807) is 0 Å². The average molecular weight is 246 g/mol. The standard InChI is InChI=1S/C16H26N2/c1-12-6-4-8-15(14(12)3)11-18-13(2)7-5-9-16(18)10-17/h4,6,8,13,16H,5,7,9-11,17H2,1-3H3. The molecule has 0 bridgehead atoms. The van der Waals surface area contributed by atoms with Crippen molar-refractivity contribution in [2.75, 3.05) is 6.54 Å². The van der Waals surface area contributed by atoms with Crippen LogP contribution in [0, 0.1) is 13.8 Å². The smallest absolute Gasteiger partial charge is 0.0242 e. The molecule has 0 amide bonds. The van der Waals surface area contributed by atoms with Crippen LogP contribution < -0.4 is 5.73 Å². The highest BCUT2D eigenvalue weighted by Gasteiger charge is 2.27. The van der Waals surface area contributed by atoms with Crippen molar-refractivity contribution in [1.29, 1.82) is 0 Å². The molecule has 1 saturated heterocycles. The summed E-state index contributed by atoms with van der Waals surface area (Å²) in [5.41, 5.74) is 10.2. The highest BCUT2D eigenvalue weighted by molar-refractivity contribution is 5.33. The third-order valence-electron chi connectivity index (χ3n) is 4.54. The third kappa shape index (κ3) is 2.76. The van der Waals surface area contributed by atoms with Crippen molar-refractivity contribution in [3.05, 3.63) is 34.9 Å². The van der Waals surface area contributed by atoms with Gasteiger partial charge in [0.15, 0.2) is 0 Å². The minimum Gasteiger partial charge on any atom is -0.329 e. The van der Waals surface area contributed by atoms with E-state index in [9.17, 15) is 0 Å². The van der Waals surface area contributed by atoms with E-state index in [1.165, 1.54) is 36.0 Å². The number of benzene rings is 1. The van der Waals surface area contributed by atoms with Crippen LogP contribution in [0.4, 0.5) is 0 Å². The normalized spacial score (nSPS) is 25.3. The number of hydrogen-bond acceptors (Lipinski definition) is 2. The van der Waals surface area contributed by atoms with Crippen molar-refractivity contribution in [2.24, 2.45) is 5.73 Å². The fourth-order valence-electron chi connectivity index (χ4n) is 3.06. The van der Waals surface area contributed by atoms with Crippen LogP contribution in [0.25, 0.3) is 0 Å². The Balaban J connectivity index is 2.17. The van der Waals surface area contributed by atoms with Gasteiger partial charge in [-0.2, -0.15) is 0 Å². The van der Waals surface area contributed by atoms with Gasteiger partial charge in [-0.05, 0) is 50.3 Å². The molecule has 1 heterocycles. The monoisotopic (exact) mass is 246 g/mol. The highest BCUT2D eigenvalue weighted by atomic mass is 15.2. The molecule has 2 nitrogen and oxygen atoms in total. The summed E-state index contributed by atoms with van der Waals surface area (Å²) in [5, 5.41) is 0. The molecule has 2 heteroatoms. The Kier molecular flexibility index (Phi) is 4.41. The summed E-state index contributed by atoms with van der Waals surface area (Å²) in [6.07, 6.45) is 3.89. The van der Waals surface area contributed by atoms with Gasteiger partial charge in [0.05, 0.1) is 0 Å². The van der Waals surface area contributed by atoms with Crippen molar-refractivity contribution in [3.8, 4) is 0 Å². The van der Waals surface area contributed by atoms with Gasteiger partial charge in [0.25, 0.3) is 0 Å². The highest BCUT2D eigenvalue weighted by Crippen LogP contribution is 2.25. The average Bonchev–Trinajstić information content (AvgIpc) is 2.37. The molecule has 0 aliphatic carbocycles. The van der Waals surface area contributed by atoms with Crippen LogP contribution in [0.3, 0.4) is 0 Å². The van der Waals surface area contributed by atoms with E-state index in [1.807, 2.05) is 0 Å². The number of rotatable bonds is 3. The topological polar surface area (TPSA) is 29.3 Å². The number of hydrogen-bond donors (Lipinski definition) is 1. The lowest BCUT2D eigenvalue weighted by atomic mass is 9.94. The SMILES string of the molecule is Cc1cccc(CN2C(C)CCCC2CN)c1C. The lowest BCUT2D eigenvalue weighted by Crippen LogP contribution is -2.48. The van der Waals surface area contributed by atoms with Crippen LogP contribution >= 0.6 is 0 Å². The van der Waals surface area contributed by atoms with Gasteiger partial charge in [-0.15, -0.1) is 0 Å². The molecule has 1 fully saturated rings. The zero-order valence-electron chi connectivity index (χ0n) is 11.9. The van der Waals surface area contributed by atoms with Crippen molar-refractivity contribution in [1.82, 2.24) is 4.90 Å². The molecule has 0 spiro atoms. The summed E-state index contributed by atoms with van der Waals surface area (Å²) in [4.78, 5) is 2.60. The summed E-state index contributed by atoms with van der Waals surface area (Å²) >= 11 is 0. The lowest BCUT2D eigenvalue weighted by Gasteiger charge is -2.40. The maximum absolute atomic E-state index is 5.94. The Morgan fingerprint density at radius 1 is 1.28 bits per heavy atom. The number of piperidine rings is 1. The van der Waals surface area contributed by atoms with E-state index < -0.39 is 0 Å². The predicted octanol–water partition coefficient (Wildman–Crippen LogP) is 3.01. The predicted molar refractivity (Wildman–Crippen MR) is 77.6 cm³/mol. The fraction of sp³-hybridized carbons (Fsp3) is 0.625. The summed E-state index contributed by atoms with van der Waals surface area (Å²) in [6, 6.07) is 7.85. The van der Waals surface area contributed by atoms with Crippen molar-refractivity contribution in [3.63, 3.8) is 0 Å².